The summed E-state index contributed by atoms with van der Waals surface area (Å²) in [6.45, 7) is 0. The third-order valence-electron chi connectivity index (χ3n) is 8.33. The van der Waals surface area contributed by atoms with Crippen LogP contribution in [0.2, 0.25) is 0 Å². The van der Waals surface area contributed by atoms with Crippen LogP contribution in [0.25, 0.3) is 39.7 Å². The zero-order valence-electron chi connectivity index (χ0n) is 27.5. The number of H-pyrrole nitrogens is 1. The van der Waals surface area contributed by atoms with E-state index < -0.39 is 6.23 Å². The van der Waals surface area contributed by atoms with Gasteiger partial charge in [0.2, 0.25) is 6.23 Å². The van der Waals surface area contributed by atoms with Crippen LogP contribution in [0.15, 0.2) is 126 Å². The Labute approximate surface area is 288 Å². The molecule has 0 radical (unpaired) electrons. The van der Waals surface area contributed by atoms with E-state index >= 15 is 0 Å². The molecule has 1 aromatic heterocycles. The second-order valence-corrected chi connectivity index (χ2v) is 11.3. The summed E-state index contributed by atoms with van der Waals surface area (Å²) in [5, 5.41) is 26.9. The van der Waals surface area contributed by atoms with E-state index in [2.05, 4.69) is 15.3 Å². The number of benzene rings is 5. The van der Waals surface area contributed by atoms with Crippen molar-refractivity contribution in [1.82, 2.24) is 9.97 Å². The van der Waals surface area contributed by atoms with Crippen LogP contribution in [0.1, 0.15) is 5.56 Å². The van der Waals surface area contributed by atoms with Crippen LogP contribution in [-0.4, -0.2) is 54.0 Å². The van der Waals surface area contributed by atoms with Crippen molar-refractivity contribution in [2.45, 2.75) is 6.23 Å². The second-order valence-electron chi connectivity index (χ2n) is 11.3. The SMILES string of the molecule is COc1ccc(N=CC2=C(O)c3c(cc(O)c(-c4nc(-c5ccccc5)c(-c5ccccc5)[nH]4)c3OC)OC2Nc2ccc(OC)cc2)cc1. The normalized spacial score (nSPS) is 13.9. The largest absolute Gasteiger partial charge is 0.507 e. The number of ether oxygens (including phenoxy) is 4. The zero-order valence-corrected chi connectivity index (χ0v) is 27.5. The molecule has 1 aliphatic heterocycles. The maximum absolute atomic E-state index is 12.0. The Bertz CT molecular complexity index is 2120. The number of aliphatic imine (C=N–C) groups is 1. The summed E-state index contributed by atoms with van der Waals surface area (Å²) in [6.07, 6.45) is 0.645. The number of aliphatic hydroxyl groups is 1. The fourth-order valence-corrected chi connectivity index (χ4v) is 5.83. The number of imidazole rings is 1. The number of aromatic hydroxyl groups is 1. The Morgan fingerprint density at radius 2 is 1.38 bits per heavy atom. The number of phenolic OH excluding ortho intramolecular Hbond substituents is 1. The van der Waals surface area contributed by atoms with Gasteiger partial charge in [0.1, 0.15) is 51.5 Å². The van der Waals surface area contributed by atoms with Crippen molar-refractivity contribution >= 4 is 23.3 Å². The molecule has 50 heavy (non-hydrogen) atoms. The Kier molecular flexibility index (Phi) is 8.81. The highest BCUT2D eigenvalue weighted by molar-refractivity contribution is 5.97. The zero-order chi connectivity index (χ0) is 34.6. The Morgan fingerprint density at radius 3 is 2.00 bits per heavy atom. The van der Waals surface area contributed by atoms with Crippen molar-refractivity contribution in [3.63, 3.8) is 0 Å². The highest BCUT2D eigenvalue weighted by Crippen LogP contribution is 2.50. The molecule has 1 atom stereocenters. The minimum atomic E-state index is -0.897. The molecule has 5 aromatic carbocycles. The Morgan fingerprint density at radius 1 is 0.760 bits per heavy atom. The van der Waals surface area contributed by atoms with Gasteiger partial charge in [0.25, 0.3) is 0 Å². The summed E-state index contributed by atoms with van der Waals surface area (Å²) in [4.78, 5) is 13.0. The van der Waals surface area contributed by atoms with Gasteiger partial charge in [-0.1, -0.05) is 60.7 Å². The monoisotopic (exact) mass is 666 g/mol. The van der Waals surface area contributed by atoms with E-state index in [4.69, 9.17) is 23.9 Å². The van der Waals surface area contributed by atoms with Crippen LogP contribution in [0, 0.1) is 0 Å². The topological polar surface area (TPSA) is 130 Å². The summed E-state index contributed by atoms with van der Waals surface area (Å²) in [6, 6.07) is 35.6. The first-order valence-corrected chi connectivity index (χ1v) is 15.8. The summed E-state index contributed by atoms with van der Waals surface area (Å²) >= 11 is 0. The molecule has 0 saturated carbocycles. The van der Waals surface area contributed by atoms with Gasteiger partial charge >= 0.3 is 0 Å². The number of fused-ring (bicyclic) bond motifs is 1. The number of hydrogen-bond acceptors (Lipinski definition) is 9. The van der Waals surface area contributed by atoms with Crippen LogP contribution in [-0.2, 0) is 0 Å². The minimum absolute atomic E-state index is 0.147. The Hall–Kier alpha value is -6.68. The minimum Gasteiger partial charge on any atom is -0.507 e. The van der Waals surface area contributed by atoms with E-state index in [1.807, 2.05) is 84.9 Å². The van der Waals surface area contributed by atoms with E-state index in [1.54, 1.807) is 44.7 Å². The quantitative estimate of drug-likeness (QED) is 0.107. The molecular formula is C40H34N4O6. The van der Waals surface area contributed by atoms with Crippen molar-refractivity contribution < 1.29 is 29.2 Å². The molecule has 0 saturated heterocycles. The molecule has 10 nitrogen and oxygen atoms in total. The fraction of sp³-hybridized carbons (Fsp3) is 0.100. The number of phenols is 1. The lowest BCUT2D eigenvalue weighted by atomic mass is 9.98. The van der Waals surface area contributed by atoms with Crippen molar-refractivity contribution in [3.8, 4) is 62.7 Å². The smallest absolute Gasteiger partial charge is 0.201 e. The van der Waals surface area contributed by atoms with Gasteiger partial charge in [0, 0.05) is 29.1 Å². The van der Waals surface area contributed by atoms with Gasteiger partial charge in [-0.25, -0.2) is 4.98 Å². The molecule has 1 aliphatic rings. The average Bonchev–Trinajstić information content (AvgIpc) is 3.60. The highest BCUT2D eigenvalue weighted by Gasteiger charge is 2.35. The second kappa shape index (κ2) is 13.8. The number of nitrogens with one attached hydrogen (secondary N) is 2. The summed E-state index contributed by atoms with van der Waals surface area (Å²) in [5.74, 6) is 1.80. The molecule has 250 valence electrons. The molecule has 0 aliphatic carbocycles. The molecule has 6 aromatic rings. The van der Waals surface area contributed by atoms with E-state index in [0.29, 0.717) is 40.0 Å². The summed E-state index contributed by atoms with van der Waals surface area (Å²) < 4.78 is 23.0. The molecule has 0 fully saturated rings. The van der Waals surface area contributed by atoms with Gasteiger partial charge in [0.15, 0.2) is 0 Å². The molecule has 10 heteroatoms. The first-order valence-electron chi connectivity index (χ1n) is 15.8. The van der Waals surface area contributed by atoms with Gasteiger partial charge in [-0.05, 0) is 48.5 Å². The van der Waals surface area contributed by atoms with Gasteiger partial charge in [-0.15, -0.1) is 0 Å². The third-order valence-corrected chi connectivity index (χ3v) is 8.33. The molecule has 0 bridgehead atoms. The molecule has 7 rings (SSSR count). The summed E-state index contributed by atoms with van der Waals surface area (Å²) in [7, 11) is 4.66. The lowest BCUT2D eigenvalue weighted by Gasteiger charge is -2.30. The van der Waals surface area contributed by atoms with E-state index in [-0.39, 0.29) is 34.1 Å². The number of hydrogen-bond donors (Lipinski definition) is 4. The number of aromatic nitrogens is 2. The van der Waals surface area contributed by atoms with Gasteiger partial charge in [-0.2, -0.15) is 0 Å². The molecule has 0 amide bonds. The molecule has 0 spiro atoms. The van der Waals surface area contributed by atoms with Crippen molar-refractivity contribution in [2.75, 3.05) is 26.6 Å². The predicted molar refractivity (Wildman–Crippen MR) is 195 cm³/mol. The summed E-state index contributed by atoms with van der Waals surface area (Å²) in [5.41, 5.74) is 5.42. The number of anilines is 1. The van der Waals surface area contributed by atoms with Crippen molar-refractivity contribution in [2.24, 2.45) is 4.99 Å². The van der Waals surface area contributed by atoms with Gasteiger partial charge in [0.05, 0.1) is 44.0 Å². The molecule has 4 N–H and O–H groups in total. The average molecular weight is 667 g/mol. The van der Waals surface area contributed by atoms with Crippen LogP contribution in [0.3, 0.4) is 0 Å². The molecule has 1 unspecified atom stereocenters. The number of aromatic amines is 1. The van der Waals surface area contributed by atoms with Crippen molar-refractivity contribution in [1.29, 1.82) is 0 Å². The lowest BCUT2D eigenvalue weighted by Crippen LogP contribution is -2.33. The van der Waals surface area contributed by atoms with Crippen LogP contribution in [0.4, 0.5) is 11.4 Å². The number of aliphatic hydroxyl groups excluding tert-OH is 1. The van der Waals surface area contributed by atoms with E-state index in [9.17, 15) is 10.2 Å². The van der Waals surface area contributed by atoms with Crippen LogP contribution >= 0.6 is 0 Å². The van der Waals surface area contributed by atoms with E-state index in [0.717, 1.165) is 16.8 Å². The number of methoxy groups -OCH3 is 3. The van der Waals surface area contributed by atoms with Crippen LogP contribution in [0.5, 0.6) is 28.7 Å². The molecule has 2 heterocycles. The third kappa shape index (κ3) is 6.17. The van der Waals surface area contributed by atoms with Gasteiger partial charge < -0.3 is 39.5 Å². The fourth-order valence-electron chi connectivity index (χ4n) is 5.83. The standard InChI is InChI=1S/C40H34N4O6/c1-47-28-18-14-26(15-19-28)41-23-30-37(46)34-32(50-40(30)42-27-16-20-29(48-2)21-17-27)22-31(45)33(38(34)49-3)39-43-35(24-10-6-4-7-11-24)36(44-39)25-12-8-5-9-13-25/h4-23,40,42,45-46H,1-3H3,(H,43,44). The molecular weight excluding hydrogens is 632 g/mol. The van der Waals surface area contributed by atoms with Crippen molar-refractivity contribution in [3.05, 3.63) is 126 Å². The number of rotatable bonds is 10. The number of nitrogens with zero attached hydrogens (tertiary/aromatic N) is 2. The first-order chi connectivity index (χ1) is 24.5. The lowest BCUT2D eigenvalue weighted by molar-refractivity contribution is 0.255. The van der Waals surface area contributed by atoms with E-state index in [1.165, 1.54) is 13.2 Å². The first kappa shape index (κ1) is 31.9. The highest BCUT2D eigenvalue weighted by atomic mass is 16.5. The van der Waals surface area contributed by atoms with Crippen LogP contribution < -0.4 is 24.3 Å². The predicted octanol–water partition coefficient (Wildman–Crippen LogP) is 8.64. The Balaban J connectivity index is 1.37. The maximum atomic E-state index is 12.0. The van der Waals surface area contributed by atoms with Gasteiger partial charge in [-0.3, -0.25) is 4.99 Å². The maximum Gasteiger partial charge on any atom is 0.201 e.